The number of carbonyl (C=O) groups excluding carboxylic acids is 3. The first kappa shape index (κ1) is 24.0. The average molecular weight is 470 g/mol. The first-order valence-electron chi connectivity index (χ1n) is 11.7. The summed E-state index contributed by atoms with van der Waals surface area (Å²) in [5.41, 5.74) is 2.96. The number of hydrogen-bond acceptors (Lipinski definition) is 5. The van der Waals surface area contributed by atoms with E-state index in [9.17, 15) is 19.6 Å². The third-order valence-corrected chi connectivity index (χ3v) is 6.58. The van der Waals surface area contributed by atoms with E-state index in [0.717, 1.165) is 36.9 Å². The molecule has 2 aromatic carbocycles. The number of benzene rings is 2. The Bertz CT molecular complexity index is 1310. The molecule has 4 rings (SSSR count). The van der Waals surface area contributed by atoms with E-state index >= 15 is 0 Å². The number of rotatable bonds is 7. The number of nitrogens with zero attached hydrogens (tertiary/aromatic N) is 2. The minimum atomic E-state index is -0.765. The second-order valence-corrected chi connectivity index (χ2v) is 8.72. The summed E-state index contributed by atoms with van der Waals surface area (Å²) in [5, 5.41) is 12.5. The first-order chi connectivity index (χ1) is 16.9. The predicted molar refractivity (Wildman–Crippen MR) is 131 cm³/mol. The van der Waals surface area contributed by atoms with Crippen LogP contribution in [0.5, 0.6) is 0 Å². The van der Waals surface area contributed by atoms with Crippen molar-refractivity contribution in [3.05, 3.63) is 88.1 Å². The van der Waals surface area contributed by atoms with Crippen LogP contribution in [0.25, 0.3) is 0 Å². The zero-order chi connectivity index (χ0) is 24.9. The number of anilines is 1. The SMILES string of the molecule is Cc1c(C#N)c(NC(=O)COC(=O)c2ccccc2C(=O)c2ccccc2)n(C2CCCC2)c1C. The number of ketones is 1. The van der Waals surface area contributed by atoms with E-state index in [1.807, 2.05) is 18.4 Å². The number of ether oxygens (including phenoxy) is 1. The van der Waals surface area contributed by atoms with E-state index in [1.54, 1.807) is 48.5 Å². The van der Waals surface area contributed by atoms with Gasteiger partial charge in [0.05, 0.1) is 11.1 Å². The van der Waals surface area contributed by atoms with Gasteiger partial charge in [0.25, 0.3) is 5.91 Å². The van der Waals surface area contributed by atoms with E-state index in [-0.39, 0.29) is 23.0 Å². The van der Waals surface area contributed by atoms with Gasteiger partial charge in [-0.3, -0.25) is 9.59 Å². The number of nitrogens with one attached hydrogen (secondary N) is 1. The zero-order valence-corrected chi connectivity index (χ0v) is 19.8. The number of nitriles is 1. The Balaban J connectivity index is 1.49. The van der Waals surface area contributed by atoms with Gasteiger partial charge in [-0.05, 0) is 38.3 Å². The first-order valence-corrected chi connectivity index (χ1v) is 11.7. The van der Waals surface area contributed by atoms with Crippen molar-refractivity contribution in [2.45, 2.75) is 45.6 Å². The lowest BCUT2D eigenvalue weighted by atomic mass is 9.98. The molecule has 178 valence electrons. The number of amides is 1. The maximum absolute atomic E-state index is 12.9. The van der Waals surface area contributed by atoms with E-state index in [0.29, 0.717) is 16.9 Å². The minimum Gasteiger partial charge on any atom is -0.452 e. The number of aromatic nitrogens is 1. The summed E-state index contributed by atoms with van der Waals surface area (Å²) >= 11 is 0. The van der Waals surface area contributed by atoms with Crippen LogP contribution in [-0.4, -0.2) is 28.8 Å². The van der Waals surface area contributed by atoms with Crippen molar-refractivity contribution in [2.75, 3.05) is 11.9 Å². The molecule has 1 fully saturated rings. The van der Waals surface area contributed by atoms with Gasteiger partial charge in [0.1, 0.15) is 11.9 Å². The lowest BCUT2D eigenvalue weighted by Gasteiger charge is -2.19. The van der Waals surface area contributed by atoms with E-state index in [4.69, 9.17) is 4.74 Å². The third kappa shape index (κ3) is 4.87. The van der Waals surface area contributed by atoms with Crippen LogP contribution >= 0.6 is 0 Å². The Hall–Kier alpha value is -4.18. The Morgan fingerprint density at radius 2 is 1.63 bits per heavy atom. The molecule has 1 aliphatic rings. The second kappa shape index (κ2) is 10.4. The van der Waals surface area contributed by atoms with Crippen LogP contribution in [0, 0.1) is 25.2 Å². The van der Waals surface area contributed by atoms with Crippen LogP contribution in [0.2, 0.25) is 0 Å². The van der Waals surface area contributed by atoms with Crippen LogP contribution in [0.15, 0.2) is 54.6 Å². The molecule has 3 aromatic rings. The van der Waals surface area contributed by atoms with Gasteiger partial charge in [-0.1, -0.05) is 61.4 Å². The van der Waals surface area contributed by atoms with Crippen molar-refractivity contribution in [1.29, 1.82) is 5.26 Å². The molecule has 1 N–H and O–H groups in total. The van der Waals surface area contributed by atoms with Gasteiger partial charge < -0.3 is 14.6 Å². The van der Waals surface area contributed by atoms with Crippen LogP contribution in [-0.2, 0) is 9.53 Å². The Morgan fingerprint density at radius 1 is 1.00 bits per heavy atom. The Morgan fingerprint density at radius 3 is 2.29 bits per heavy atom. The summed E-state index contributed by atoms with van der Waals surface area (Å²) in [6.45, 7) is 3.28. The summed E-state index contributed by atoms with van der Waals surface area (Å²) in [6, 6.07) is 17.4. The number of esters is 1. The molecule has 7 nitrogen and oxygen atoms in total. The van der Waals surface area contributed by atoms with Gasteiger partial charge in [0.2, 0.25) is 0 Å². The summed E-state index contributed by atoms with van der Waals surface area (Å²) in [7, 11) is 0. The molecule has 0 radical (unpaired) electrons. The molecular weight excluding hydrogens is 442 g/mol. The highest BCUT2D eigenvalue weighted by Gasteiger charge is 2.27. The fourth-order valence-corrected chi connectivity index (χ4v) is 4.69. The molecule has 1 saturated carbocycles. The van der Waals surface area contributed by atoms with Crippen molar-refractivity contribution in [2.24, 2.45) is 0 Å². The molecule has 1 aliphatic carbocycles. The molecule has 0 bridgehead atoms. The van der Waals surface area contributed by atoms with Crippen LogP contribution in [0.3, 0.4) is 0 Å². The quantitative estimate of drug-likeness (QED) is 0.382. The van der Waals surface area contributed by atoms with Gasteiger partial charge in [0, 0.05) is 22.9 Å². The minimum absolute atomic E-state index is 0.0906. The summed E-state index contributed by atoms with van der Waals surface area (Å²) < 4.78 is 7.31. The molecule has 1 aromatic heterocycles. The van der Waals surface area contributed by atoms with Gasteiger partial charge in [-0.2, -0.15) is 5.26 Å². The smallest absolute Gasteiger partial charge is 0.339 e. The van der Waals surface area contributed by atoms with Crippen LogP contribution in [0.4, 0.5) is 5.82 Å². The van der Waals surface area contributed by atoms with Crippen molar-refractivity contribution in [1.82, 2.24) is 4.57 Å². The third-order valence-electron chi connectivity index (χ3n) is 6.58. The summed E-state index contributed by atoms with van der Waals surface area (Å²) in [6.07, 6.45) is 4.19. The van der Waals surface area contributed by atoms with Crippen molar-refractivity contribution in [3.63, 3.8) is 0 Å². The number of carbonyl (C=O) groups is 3. The topological polar surface area (TPSA) is 101 Å². The highest BCUT2D eigenvalue weighted by molar-refractivity contribution is 6.14. The lowest BCUT2D eigenvalue weighted by molar-refractivity contribution is -0.119. The summed E-state index contributed by atoms with van der Waals surface area (Å²) in [5.74, 6) is -1.16. The van der Waals surface area contributed by atoms with Crippen LogP contribution in [0.1, 0.15) is 74.8 Å². The van der Waals surface area contributed by atoms with Crippen LogP contribution < -0.4 is 5.32 Å². The predicted octanol–water partition coefficient (Wildman–Crippen LogP) is 5.12. The second-order valence-electron chi connectivity index (χ2n) is 8.72. The highest BCUT2D eigenvalue weighted by Crippen LogP contribution is 2.37. The standard InChI is InChI=1S/C28H27N3O4/c1-18-19(2)31(21-12-6-7-13-21)27(24(18)16-29)30-25(32)17-35-28(34)23-15-9-8-14-22(23)26(33)20-10-4-3-5-11-20/h3-5,8-11,14-15,21H,6-7,12-13,17H2,1-2H3,(H,30,32). The fourth-order valence-electron chi connectivity index (χ4n) is 4.69. The van der Waals surface area contributed by atoms with Crippen molar-refractivity contribution >= 4 is 23.5 Å². The zero-order valence-electron chi connectivity index (χ0n) is 19.8. The van der Waals surface area contributed by atoms with Crippen molar-refractivity contribution < 1.29 is 19.1 Å². The largest absolute Gasteiger partial charge is 0.452 e. The molecule has 1 amide bonds. The maximum Gasteiger partial charge on any atom is 0.339 e. The van der Waals surface area contributed by atoms with E-state index in [2.05, 4.69) is 11.4 Å². The molecule has 0 atom stereocenters. The molecule has 0 unspecified atom stereocenters. The number of hydrogen-bond donors (Lipinski definition) is 1. The van der Waals surface area contributed by atoms with E-state index < -0.39 is 18.5 Å². The molecular formula is C28H27N3O4. The highest BCUT2D eigenvalue weighted by atomic mass is 16.5. The maximum atomic E-state index is 12.9. The Kier molecular flexibility index (Phi) is 7.11. The van der Waals surface area contributed by atoms with Gasteiger partial charge >= 0.3 is 5.97 Å². The normalized spacial score (nSPS) is 13.3. The lowest BCUT2D eigenvalue weighted by Crippen LogP contribution is -2.24. The fraction of sp³-hybridized carbons (Fsp3) is 0.286. The molecule has 0 saturated heterocycles. The van der Waals surface area contributed by atoms with Gasteiger partial charge in [0.15, 0.2) is 12.4 Å². The molecule has 35 heavy (non-hydrogen) atoms. The van der Waals surface area contributed by atoms with Crippen molar-refractivity contribution in [3.8, 4) is 6.07 Å². The molecule has 0 aliphatic heterocycles. The van der Waals surface area contributed by atoms with Gasteiger partial charge in [-0.25, -0.2) is 4.79 Å². The van der Waals surface area contributed by atoms with Gasteiger partial charge in [-0.15, -0.1) is 0 Å². The molecule has 1 heterocycles. The monoisotopic (exact) mass is 469 g/mol. The van der Waals surface area contributed by atoms with E-state index in [1.165, 1.54) is 6.07 Å². The summed E-state index contributed by atoms with van der Waals surface area (Å²) in [4.78, 5) is 38.5. The molecule has 0 spiro atoms. The average Bonchev–Trinajstić information content (AvgIpc) is 3.49. The Labute approximate surface area is 204 Å². The molecule has 7 heteroatoms.